The summed E-state index contributed by atoms with van der Waals surface area (Å²) in [4.78, 5) is 15.3. The Kier molecular flexibility index (Phi) is 6.34. The van der Waals surface area contributed by atoms with Gasteiger partial charge in [-0.25, -0.2) is 0 Å². The monoisotopic (exact) mass is 390 g/mol. The molecule has 3 heteroatoms. The maximum atomic E-state index is 12.7. The molecule has 0 bridgehead atoms. The molecule has 2 aromatic carbocycles. The summed E-state index contributed by atoms with van der Waals surface area (Å²) in [6, 6.07) is 14.9. The van der Waals surface area contributed by atoms with Gasteiger partial charge in [-0.3, -0.25) is 9.69 Å². The number of rotatable bonds is 5. The Balaban J connectivity index is 1.35. The third kappa shape index (κ3) is 5.08. The Labute approximate surface area is 175 Å². The maximum absolute atomic E-state index is 12.7. The number of hydrogen-bond donors (Lipinski definition) is 1. The highest BCUT2D eigenvalue weighted by Crippen LogP contribution is 2.25. The Bertz CT molecular complexity index is 842. The van der Waals surface area contributed by atoms with Crippen molar-refractivity contribution in [2.45, 2.75) is 65.0 Å². The van der Waals surface area contributed by atoms with Crippen LogP contribution >= 0.6 is 0 Å². The van der Waals surface area contributed by atoms with Gasteiger partial charge in [0.1, 0.15) is 0 Å². The molecule has 0 spiro atoms. The van der Waals surface area contributed by atoms with E-state index in [1.807, 2.05) is 12.1 Å². The molecule has 0 radical (unpaired) electrons. The van der Waals surface area contributed by atoms with E-state index in [0.717, 1.165) is 18.0 Å². The van der Waals surface area contributed by atoms with Crippen molar-refractivity contribution in [1.29, 1.82) is 0 Å². The molecule has 154 valence electrons. The highest BCUT2D eigenvalue weighted by molar-refractivity contribution is 5.94. The van der Waals surface area contributed by atoms with Gasteiger partial charge in [-0.05, 0) is 92.3 Å². The first-order valence-electron chi connectivity index (χ1n) is 11.3. The van der Waals surface area contributed by atoms with Gasteiger partial charge in [-0.1, -0.05) is 37.3 Å². The summed E-state index contributed by atoms with van der Waals surface area (Å²) in [5.74, 6) is 0.798. The molecular weight excluding hydrogens is 356 g/mol. The smallest absolute Gasteiger partial charge is 0.251 e. The molecule has 2 aromatic rings. The molecular formula is C26H34N2O. The van der Waals surface area contributed by atoms with Gasteiger partial charge in [0.25, 0.3) is 5.91 Å². The van der Waals surface area contributed by atoms with Crippen LogP contribution in [0.3, 0.4) is 0 Å². The minimum Gasteiger partial charge on any atom is -0.346 e. The second-order valence-electron chi connectivity index (χ2n) is 9.11. The molecule has 3 nitrogen and oxygen atoms in total. The summed E-state index contributed by atoms with van der Waals surface area (Å²) in [6.07, 6.45) is 7.58. The topological polar surface area (TPSA) is 32.3 Å². The number of fused-ring (bicyclic) bond motifs is 1. The molecule has 0 saturated carbocycles. The number of amides is 1. The van der Waals surface area contributed by atoms with Crippen molar-refractivity contribution in [2.24, 2.45) is 5.92 Å². The molecule has 1 aliphatic heterocycles. The van der Waals surface area contributed by atoms with Crippen molar-refractivity contribution < 1.29 is 4.79 Å². The van der Waals surface area contributed by atoms with Crippen LogP contribution in [0.15, 0.2) is 42.5 Å². The lowest BCUT2D eigenvalue weighted by molar-refractivity contribution is 0.0940. The van der Waals surface area contributed by atoms with Gasteiger partial charge < -0.3 is 5.32 Å². The van der Waals surface area contributed by atoms with Gasteiger partial charge in [0.15, 0.2) is 0 Å². The third-order valence-electron chi connectivity index (χ3n) is 6.58. The second-order valence-corrected chi connectivity index (χ2v) is 9.11. The summed E-state index contributed by atoms with van der Waals surface area (Å²) in [5, 5.41) is 3.18. The van der Waals surface area contributed by atoms with Crippen LogP contribution in [-0.4, -0.2) is 23.9 Å². The van der Waals surface area contributed by atoms with E-state index in [2.05, 4.69) is 54.4 Å². The van der Waals surface area contributed by atoms with E-state index in [-0.39, 0.29) is 11.9 Å². The summed E-state index contributed by atoms with van der Waals surface area (Å²) in [7, 11) is 0. The zero-order valence-electron chi connectivity index (χ0n) is 17.9. The highest BCUT2D eigenvalue weighted by Gasteiger charge is 2.17. The predicted molar refractivity (Wildman–Crippen MR) is 119 cm³/mol. The molecule has 0 aromatic heterocycles. The number of aryl methyl sites for hydroxylation is 2. The zero-order valence-corrected chi connectivity index (χ0v) is 17.9. The fourth-order valence-corrected chi connectivity index (χ4v) is 4.84. The molecule has 1 saturated heterocycles. The van der Waals surface area contributed by atoms with Crippen molar-refractivity contribution in [3.63, 3.8) is 0 Å². The van der Waals surface area contributed by atoms with Gasteiger partial charge in [0, 0.05) is 18.7 Å². The molecule has 1 heterocycles. The SMILES string of the molecule is C[C@H]1CCCN(Cc2ccc(C(=O)N[C@H](C)c3ccc4c(c3)CCCC4)cc2)C1. The zero-order chi connectivity index (χ0) is 20.2. The van der Waals surface area contributed by atoms with Gasteiger partial charge in [-0.2, -0.15) is 0 Å². The van der Waals surface area contributed by atoms with Gasteiger partial charge in [-0.15, -0.1) is 0 Å². The normalized spacial score (nSPS) is 20.7. The number of piperidine rings is 1. The molecule has 4 rings (SSSR count). The first-order valence-corrected chi connectivity index (χ1v) is 11.3. The number of nitrogens with one attached hydrogen (secondary N) is 1. The second kappa shape index (κ2) is 9.13. The quantitative estimate of drug-likeness (QED) is 0.752. The lowest BCUT2D eigenvalue weighted by atomic mass is 9.89. The molecule has 29 heavy (non-hydrogen) atoms. The van der Waals surface area contributed by atoms with E-state index in [9.17, 15) is 4.79 Å². The van der Waals surface area contributed by atoms with E-state index in [0.29, 0.717) is 0 Å². The van der Waals surface area contributed by atoms with Gasteiger partial charge in [0.05, 0.1) is 6.04 Å². The molecule has 0 unspecified atom stereocenters. The van der Waals surface area contributed by atoms with Crippen molar-refractivity contribution >= 4 is 5.91 Å². The first kappa shape index (κ1) is 20.2. The van der Waals surface area contributed by atoms with Crippen molar-refractivity contribution in [1.82, 2.24) is 10.2 Å². The fourth-order valence-electron chi connectivity index (χ4n) is 4.84. The Morgan fingerprint density at radius 2 is 1.83 bits per heavy atom. The number of benzene rings is 2. The summed E-state index contributed by atoms with van der Waals surface area (Å²) in [6.45, 7) is 7.76. The van der Waals surface area contributed by atoms with E-state index in [1.165, 1.54) is 73.9 Å². The number of hydrogen-bond acceptors (Lipinski definition) is 2. The Hall–Kier alpha value is -2.13. The van der Waals surface area contributed by atoms with Crippen LogP contribution in [0.1, 0.15) is 78.2 Å². The molecule has 1 N–H and O–H groups in total. The average molecular weight is 391 g/mol. The molecule has 2 aliphatic rings. The lowest BCUT2D eigenvalue weighted by Crippen LogP contribution is -2.33. The van der Waals surface area contributed by atoms with Gasteiger partial charge in [0.2, 0.25) is 0 Å². The predicted octanol–water partition coefficient (Wildman–Crippen LogP) is 5.29. The number of likely N-dealkylation sites (tertiary alicyclic amines) is 1. The van der Waals surface area contributed by atoms with E-state index < -0.39 is 0 Å². The van der Waals surface area contributed by atoms with Crippen molar-refractivity contribution in [2.75, 3.05) is 13.1 Å². The fraction of sp³-hybridized carbons (Fsp3) is 0.500. The van der Waals surface area contributed by atoms with Crippen molar-refractivity contribution in [3.05, 3.63) is 70.3 Å². The Morgan fingerprint density at radius 1 is 1.07 bits per heavy atom. The summed E-state index contributed by atoms with van der Waals surface area (Å²) >= 11 is 0. The van der Waals surface area contributed by atoms with E-state index in [1.54, 1.807) is 0 Å². The molecule has 2 atom stereocenters. The largest absolute Gasteiger partial charge is 0.346 e. The highest BCUT2D eigenvalue weighted by atomic mass is 16.1. The van der Waals surface area contributed by atoms with Crippen LogP contribution in [0.2, 0.25) is 0 Å². The molecule has 1 fully saturated rings. The number of nitrogens with zero attached hydrogens (tertiary/aromatic N) is 1. The number of carbonyl (C=O) groups excluding carboxylic acids is 1. The van der Waals surface area contributed by atoms with Crippen LogP contribution in [0.4, 0.5) is 0 Å². The minimum absolute atomic E-state index is 0.00775. The summed E-state index contributed by atoms with van der Waals surface area (Å²) < 4.78 is 0. The van der Waals surface area contributed by atoms with Crippen LogP contribution in [0, 0.1) is 5.92 Å². The van der Waals surface area contributed by atoms with Crippen LogP contribution < -0.4 is 5.32 Å². The summed E-state index contributed by atoms with van der Waals surface area (Å²) in [5.41, 5.74) is 6.18. The van der Waals surface area contributed by atoms with Crippen molar-refractivity contribution in [3.8, 4) is 0 Å². The molecule has 1 amide bonds. The van der Waals surface area contributed by atoms with Crippen LogP contribution in [-0.2, 0) is 19.4 Å². The van der Waals surface area contributed by atoms with Gasteiger partial charge >= 0.3 is 0 Å². The Morgan fingerprint density at radius 3 is 2.59 bits per heavy atom. The maximum Gasteiger partial charge on any atom is 0.251 e. The average Bonchev–Trinajstić information content (AvgIpc) is 2.74. The molecule has 1 aliphatic carbocycles. The third-order valence-corrected chi connectivity index (χ3v) is 6.58. The first-order chi connectivity index (χ1) is 14.1. The van der Waals surface area contributed by atoms with Crippen LogP contribution in [0.25, 0.3) is 0 Å². The van der Waals surface area contributed by atoms with E-state index in [4.69, 9.17) is 0 Å². The van der Waals surface area contributed by atoms with E-state index >= 15 is 0 Å². The standard InChI is InChI=1S/C26H34N2O/c1-19-6-5-15-28(17-19)18-21-9-11-23(12-10-21)26(29)27-20(2)24-14-13-22-7-3-4-8-25(22)16-24/h9-14,16,19-20H,3-8,15,17-18H2,1-2H3,(H,27,29)/t19-,20+/m0/s1. The van der Waals surface area contributed by atoms with Crippen LogP contribution in [0.5, 0.6) is 0 Å². The minimum atomic E-state index is 0.00775. The number of carbonyl (C=O) groups is 1. The lowest BCUT2D eigenvalue weighted by Gasteiger charge is -2.30.